The van der Waals surface area contributed by atoms with Crippen molar-refractivity contribution in [1.82, 2.24) is 10.6 Å². The van der Waals surface area contributed by atoms with E-state index >= 15 is 0 Å². The van der Waals surface area contributed by atoms with E-state index in [2.05, 4.69) is 20.1 Å². The number of esters is 2. The lowest BCUT2D eigenvalue weighted by Gasteiger charge is -2.18. The Hall–Kier alpha value is -2.73. The summed E-state index contributed by atoms with van der Waals surface area (Å²) in [6.45, 7) is 0.580. The van der Waals surface area contributed by atoms with Crippen LogP contribution in [0.25, 0.3) is 0 Å². The minimum Gasteiger partial charge on any atom is -0.480 e. The molecular weight excluding hydrogens is 366 g/mol. The van der Waals surface area contributed by atoms with Gasteiger partial charge in [-0.25, -0.2) is 9.59 Å². The van der Waals surface area contributed by atoms with Crippen LogP contribution in [0, 0.1) is 0 Å². The van der Waals surface area contributed by atoms with Gasteiger partial charge in [-0.05, 0) is 6.42 Å². The Morgan fingerprint density at radius 3 is 2.04 bits per heavy atom. The lowest BCUT2D eigenvalue weighted by atomic mass is 10.1. The number of amides is 2. The largest absolute Gasteiger partial charge is 0.480 e. The van der Waals surface area contributed by atoms with Crippen LogP contribution in [0.4, 0.5) is 0 Å². The third-order valence-corrected chi connectivity index (χ3v) is 3.24. The van der Waals surface area contributed by atoms with Crippen molar-refractivity contribution < 1.29 is 43.3 Å². The molecule has 12 nitrogen and oxygen atoms in total. The van der Waals surface area contributed by atoms with Crippen LogP contribution in [-0.4, -0.2) is 80.4 Å². The molecule has 3 atom stereocenters. The highest BCUT2D eigenvalue weighted by Crippen LogP contribution is 2.00. The lowest BCUT2D eigenvalue weighted by molar-refractivity contribution is -0.148. The predicted octanol–water partition coefficient (Wildman–Crippen LogP) is -2.47. The van der Waals surface area contributed by atoms with E-state index in [4.69, 9.17) is 15.6 Å². The van der Waals surface area contributed by atoms with Crippen molar-refractivity contribution in [3.8, 4) is 0 Å². The molecule has 0 bridgehead atoms. The first kappa shape index (κ1) is 24.3. The second-order valence-electron chi connectivity index (χ2n) is 5.44. The lowest BCUT2D eigenvalue weighted by Crippen LogP contribution is -2.47. The highest BCUT2D eigenvalue weighted by atomic mass is 16.5. The first-order valence-corrected chi connectivity index (χ1v) is 7.90. The Morgan fingerprint density at radius 1 is 0.963 bits per heavy atom. The Kier molecular flexibility index (Phi) is 11.3. The highest BCUT2D eigenvalue weighted by molar-refractivity contribution is 5.86. The molecule has 0 aromatic heterocycles. The fourth-order valence-electron chi connectivity index (χ4n) is 1.89. The number of methoxy groups -OCH3 is 2. The summed E-state index contributed by atoms with van der Waals surface area (Å²) < 4.78 is 14.1. The van der Waals surface area contributed by atoms with Crippen molar-refractivity contribution in [2.75, 3.05) is 27.4 Å². The average molecular weight is 391 g/mol. The van der Waals surface area contributed by atoms with E-state index in [9.17, 15) is 24.0 Å². The van der Waals surface area contributed by atoms with Gasteiger partial charge in [-0.3, -0.25) is 14.4 Å². The van der Waals surface area contributed by atoms with Gasteiger partial charge in [0.15, 0.2) is 6.04 Å². The van der Waals surface area contributed by atoms with Gasteiger partial charge in [0, 0.05) is 13.3 Å². The molecule has 0 unspecified atom stereocenters. The van der Waals surface area contributed by atoms with Crippen molar-refractivity contribution in [2.24, 2.45) is 5.73 Å². The maximum absolute atomic E-state index is 12.0. The maximum Gasteiger partial charge on any atom is 0.330 e. The Balaban J connectivity index is 4.60. The second-order valence-corrected chi connectivity index (χ2v) is 5.44. The average Bonchev–Trinajstić information content (AvgIpc) is 2.62. The minimum atomic E-state index is -1.29. The first-order chi connectivity index (χ1) is 12.6. The van der Waals surface area contributed by atoms with Crippen molar-refractivity contribution in [3.63, 3.8) is 0 Å². The van der Waals surface area contributed by atoms with E-state index in [1.54, 1.807) is 0 Å². The zero-order valence-corrected chi connectivity index (χ0v) is 15.4. The number of hydrogen-bond acceptors (Lipinski definition) is 9. The Labute approximate surface area is 155 Å². The molecule has 0 heterocycles. The van der Waals surface area contributed by atoms with E-state index in [0.717, 1.165) is 21.1 Å². The van der Waals surface area contributed by atoms with Gasteiger partial charge in [-0.15, -0.1) is 0 Å². The zero-order chi connectivity index (χ0) is 21.0. The quantitative estimate of drug-likeness (QED) is 0.260. The normalized spacial score (nSPS) is 13.6. The number of rotatable bonds is 12. The second kappa shape index (κ2) is 12.6. The number of ether oxygens (including phenoxy) is 3. The molecular formula is C15H25N3O9. The number of carbonyl (C=O) groups is 5. The van der Waals surface area contributed by atoms with Crippen LogP contribution < -0.4 is 16.4 Å². The number of carbonyl (C=O) groups excluding carboxylic acids is 4. The SMILES string of the molecule is COC(=O)[C@H](N)COC[C@H](NC(=O)CC[C@@H](NC(C)=O)C(=O)O)C(=O)OC. The summed E-state index contributed by atoms with van der Waals surface area (Å²) >= 11 is 0. The molecule has 12 heteroatoms. The molecule has 0 radical (unpaired) electrons. The van der Waals surface area contributed by atoms with Crippen LogP contribution >= 0.6 is 0 Å². The number of carboxylic acid groups (broad SMARTS) is 1. The van der Waals surface area contributed by atoms with Gasteiger partial charge in [0.1, 0.15) is 12.1 Å². The van der Waals surface area contributed by atoms with Gasteiger partial charge in [0.05, 0.1) is 27.4 Å². The smallest absolute Gasteiger partial charge is 0.330 e. The van der Waals surface area contributed by atoms with E-state index in [1.165, 1.54) is 0 Å². The molecule has 154 valence electrons. The molecule has 0 saturated carbocycles. The van der Waals surface area contributed by atoms with Crippen molar-refractivity contribution in [1.29, 1.82) is 0 Å². The number of aliphatic carboxylic acids is 1. The molecule has 0 rings (SSSR count). The fourth-order valence-corrected chi connectivity index (χ4v) is 1.89. The predicted molar refractivity (Wildman–Crippen MR) is 89.2 cm³/mol. The van der Waals surface area contributed by atoms with E-state index in [-0.39, 0.29) is 26.1 Å². The van der Waals surface area contributed by atoms with Crippen LogP contribution in [0.5, 0.6) is 0 Å². The third-order valence-electron chi connectivity index (χ3n) is 3.24. The molecule has 5 N–H and O–H groups in total. The van der Waals surface area contributed by atoms with Crippen LogP contribution in [-0.2, 0) is 38.2 Å². The topological polar surface area (TPSA) is 183 Å². The van der Waals surface area contributed by atoms with Gasteiger partial charge >= 0.3 is 17.9 Å². The fraction of sp³-hybridized carbons (Fsp3) is 0.667. The van der Waals surface area contributed by atoms with Crippen molar-refractivity contribution in [2.45, 2.75) is 37.9 Å². The molecule has 0 saturated heterocycles. The monoisotopic (exact) mass is 391 g/mol. The Bertz CT molecular complexity index is 553. The van der Waals surface area contributed by atoms with Crippen molar-refractivity contribution >= 4 is 29.7 Å². The summed E-state index contributed by atoms with van der Waals surface area (Å²) in [5.41, 5.74) is 5.48. The van der Waals surface area contributed by atoms with Crippen molar-refractivity contribution in [3.05, 3.63) is 0 Å². The Morgan fingerprint density at radius 2 is 1.56 bits per heavy atom. The van der Waals surface area contributed by atoms with Gasteiger partial charge in [-0.1, -0.05) is 0 Å². The summed E-state index contributed by atoms with van der Waals surface area (Å²) in [4.78, 5) is 56.8. The number of nitrogens with one attached hydrogen (secondary N) is 2. The van der Waals surface area contributed by atoms with Gasteiger partial charge < -0.3 is 35.7 Å². The third kappa shape index (κ3) is 10.1. The number of hydrogen-bond donors (Lipinski definition) is 4. The van der Waals surface area contributed by atoms with E-state index in [1.807, 2.05) is 0 Å². The standard InChI is InChI=1S/C15H25N3O9/c1-8(19)17-10(13(21)22)4-5-12(20)18-11(15(24)26-3)7-27-6-9(16)14(23)25-2/h9-11H,4-7,16H2,1-3H3,(H,17,19)(H,18,20)(H,21,22)/t9-,10-,11+/m1/s1. The van der Waals surface area contributed by atoms with Crippen LogP contribution in [0.3, 0.4) is 0 Å². The van der Waals surface area contributed by atoms with E-state index < -0.39 is 47.8 Å². The van der Waals surface area contributed by atoms with Crippen LogP contribution in [0.15, 0.2) is 0 Å². The molecule has 0 spiro atoms. The summed E-state index contributed by atoms with van der Waals surface area (Å²) in [6, 6.07) is -3.48. The summed E-state index contributed by atoms with van der Waals surface area (Å²) in [5, 5.41) is 13.5. The van der Waals surface area contributed by atoms with Gasteiger partial charge in [-0.2, -0.15) is 0 Å². The summed E-state index contributed by atoms with van der Waals surface area (Å²) in [6.07, 6.45) is -0.449. The van der Waals surface area contributed by atoms with Crippen LogP contribution in [0.2, 0.25) is 0 Å². The molecule has 0 aromatic carbocycles. The molecule has 27 heavy (non-hydrogen) atoms. The first-order valence-electron chi connectivity index (χ1n) is 7.90. The zero-order valence-electron chi connectivity index (χ0n) is 15.4. The van der Waals surface area contributed by atoms with Gasteiger partial charge in [0.2, 0.25) is 11.8 Å². The summed E-state index contributed by atoms with van der Waals surface area (Å²) in [7, 11) is 2.27. The number of nitrogens with two attached hydrogens (primary N) is 1. The van der Waals surface area contributed by atoms with E-state index in [0.29, 0.717) is 0 Å². The maximum atomic E-state index is 12.0. The molecule has 0 fully saturated rings. The molecule has 0 aliphatic rings. The number of carboxylic acids is 1. The highest BCUT2D eigenvalue weighted by Gasteiger charge is 2.25. The molecule has 0 aromatic rings. The molecule has 0 aliphatic carbocycles. The summed E-state index contributed by atoms with van der Waals surface area (Å²) in [5.74, 6) is -3.99. The minimum absolute atomic E-state index is 0.178. The molecule has 0 aliphatic heterocycles. The van der Waals surface area contributed by atoms with Gasteiger partial charge in [0.25, 0.3) is 0 Å². The van der Waals surface area contributed by atoms with Crippen LogP contribution in [0.1, 0.15) is 19.8 Å². The molecule has 2 amide bonds.